The maximum absolute atomic E-state index is 14.6. The Kier molecular flexibility index (Phi) is 4.71. The van der Waals surface area contributed by atoms with Gasteiger partial charge in [0.1, 0.15) is 28.7 Å². The Bertz CT molecular complexity index is 1230. The molecule has 0 aliphatic rings. The lowest BCUT2D eigenvalue weighted by Crippen LogP contribution is -2.07. The summed E-state index contributed by atoms with van der Waals surface area (Å²) >= 11 is 5.73. The van der Waals surface area contributed by atoms with Crippen LogP contribution in [0.3, 0.4) is 0 Å². The van der Waals surface area contributed by atoms with E-state index in [-0.39, 0.29) is 11.4 Å². The second kappa shape index (κ2) is 7.21. The minimum atomic E-state index is -0.893. The topological polar surface area (TPSA) is 105 Å². The van der Waals surface area contributed by atoms with E-state index in [4.69, 9.17) is 22.1 Å². The highest BCUT2D eigenvalue weighted by atomic mass is 35.5. The molecule has 148 valence electrons. The van der Waals surface area contributed by atoms with Crippen LogP contribution in [0.25, 0.3) is 22.0 Å². The summed E-state index contributed by atoms with van der Waals surface area (Å²) in [5, 5.41) is 11.6. The third kappa shape index (κ3) is 3.31. The molecule has 1 atom stereocenters. The molecule has 2 N–H and O–H groups in total. The fourth-order valence-corrected chi connectivity index (χ4v) is 3.09. The first-order valence-electron chi connectivity index (χ1n) is 8.44. The molecule has 0 unspecified atom stereocenters. The van der Waals surface area contributed by atoms with Crippen molar-refractivity contribution in [1.29, 1.82) is 0 Å². The van der Waals surface area contributed by atoms with Crippen LogP contribution in [-0.4, -0.2) is 30.2 Å². The van der Waals surface area contributed by atoms with E-state index >= 15 is 0 Å². The maximum atomic E-state index is 14.6. The molecule has 2 aromatic carbocycles. The van der Waals surface area contributed by atoms with Crippen molar-refractivity contribution in [2.24, 2.45) is 7.05 Å². The summed E-state index contributed by atoms with van der Waals surface area (Å²) in [5.74, 6) is -0.876. The standard InChI is InChI=1S/C18H14ClF2N7O/c1-8(18-25-27-28(2)26-18)29-12-6-4-10(16-13(12)17(22)24-7-23-16)9-3-5-11(20)14(19)15(9)21/h3-8H,1-2H3,(H2,22,23,24)/t8-/m0/s1. The van der Waals surface area contributed by atoms with Crippen molar-refractivity contribution in [1.82, 2.24) is 30.2 Å². The summed E-state index contributed by atoms with van der Waals surface area (Å²) < 4.78 is 34.1. The summed E-state index contributed by atoms with van der Waals surface area (Å²) in [6.07, 6.45) is 0.705. The molecule has 29 heavy (non-hydrogen) atoms. The Hall–Kier alpha value is -3.40. The lowest BCUT2D eigenvalue weighted by molar-refractivity contribution is 0.219. The van der Waals surface area contributed by atoms with Gasteiger partial charge in [-0.3, -0.25) is 0 Å². The van der Waals surface area contributed by atoms with Gasteiger partial charge in [-0.05, 0) is 36.4 Å². The van der Waals surface area contributed by atoms with Crippen molar-refractivity contribution in [3.8, 4) is 16.9 Å². The number of rotatable bonds is 4. The lowest BCUT2D eigenvalue weighted by Gasteiger charge is -2.16. The van der Waals surface area contributed by atoms with E-state index in [9.17, 15) is 8.78 Å². The van der Waals surface area contributed by atoms with Crippen LogP contribution in [0.4, 0.5) is 14.6 Å². The zero-order valence-corrected chi connectivity index (χ0v) is 16.0. The van der Waals surface area contributed by atoms with E-state index in [0.717, 1.165) is 6.07 Å². The molecule has 0 radical (unpaired) electrons. The number of ether oxygens (including phenoxy) is 1. The Morgan fingerprint density at radius 1 is 1.14 bits per heavy atom. The van der Waals surface area contributed by atoms with Gasteiger partial charge in [0.2, 0.25) is 5.82 Å². The number of hydrogen-bond acceptors (Lipinski definition) is 7. The first kappa shape index (κ1) is 18.9. The molecular formula is C18H14ClF2N7O. The highest BCUT2D eigenvalue weighted by molar-refractivity contribution is 6.31. The second-order valence-electron chi connectivity index (χ2n) is 6.21. The van der Waals surface area contributed by atoms with Gasteiger partial charge in [0.05, 0.1) is 18.0 Å². The molecule has 2 aromatic heterocycles. The largest absolute Gasteiger partial charge is 0.482 e. The van der Waals surface area contributed by atoms with Crippen molar-refractivity contribution >= 4 is 28.3 Å². The van der Waals surface area contributed by atoms with Gasteiger partial charge in [-0.25, -0.2) is 18.7 Å². The number of anilines is 1. The number of halogens is 3. The molecule has 0 saturated heterocycles. The van der Waals surface area contributed by atoms with E-state index < -0.39 is 22.8 Å². The Labute approximate surface area is 168 Å². The van der Waals surface area contributed by atoms with Crippen LogP contribution < -0.4 is 10.5 Å². The minimum absolute atomic E-state index is 0.0784. The predicted molar refractivity (Wildman–Crippen MR) is 102 cm³/mol. The second-order valence-corrected chi connectivity index (χ2v) is 6.59. The molecule has 0 aliphatic heterocycles. The van der Waals surface area contributed by atoms with Crippen LogP contribution in [0.15, 0.2) is 30.6 Å². The first-order valence-corrected chi connectivity index (χ1v) is 8.82. The number of fused-ring (bicyclic) bond motifs is 1. The van der Waals surface area contributed by atoms with Crippen LogP contribution >= 0.6 is 11.6 Å². The third-order valence-corrected chi connectivity index (χ3v) is 4.64. The molecule has 2 heterocycles. The van der Waals surface area contributed by atoms with E-state index in [0.29, 0.717) is 28.0 Å². The zero-order chi connectivity index (χ0) is 20.7. The smallest absolute Gasteiger partial charge is 0.214 e. The number of aryl methyl sites for hydroxylation is 1. The van der Waals surface area contributed by atoms with Crippen LogP contribution in [0, 0.1) is 11.6 Å². The maximum Gasteiger partial charge on any atom is 0.214 e. The summed E-state index contributed by atoms with van der Waals surface area (Å²) in [4.78, 5) is 9.55. The summed E-state index contributed by atoms with van der Waals surface area (Å²) in [6, 6.07) is 5.56. The zero-order valence-electron chi connectivity index (χ0n) is 15.3. The van der Waals surface area contributed by atoms with Crippen LogP contribution in [0.2, 0.25) is 5.02 Å². The molecule has 0 bridgehead atoms. The van der Waals surface area contributed by atoms with Gasteiger partial charge < -0.3 is 10.5 Å². The van der Waals surface area contributed by atoms with E-state index in [2.05, 4.69) is 25.4 Å². The monoisotopic (exact) mass is 417 g/mol. The quantitative estimate of drug-likeness (QED) is 0.507. The number of hydrogen-bond donors (Lipinski definition) is 1. The number of nitrogens with zero attached hydrogens (tertiary/aromatic N) is 6. The molecule has 8 nitrogen and oxygen atoms in total. The Balaban J connectivity index is 1.86. The molecule has 11 heteroatoms. The molecule has 0 fully saturated rings. The van der Waals surface area contributed by atoms with Crippen molar-refractivity contribution in [3.05, 3.63) is 53.1 Å². The SMILES string of the molecule is C[C@H](Oc1ccc(-c2ccc(F)c(Cl)c2F)c2ncnc(N)c12)c1nnn(C)n1. The molecule has 0 spiro atoms. The molecule has 0 aliphatic carbocycles. The van der Waals surface area contributed by atoms with Crippen LogP contribution in [0.5, 0.6) is 5.75 Å². The van der Waals surface area contributed by atoms with Gasteiger partial charge in [-0.15, -0.1) is 10.2 Å². The van der Waals surface area contributed by atoms with Gasteiger partial charge in [-0.2, -0.15) is 4.80 Å². The summed E-state index contributed by atoms with van der Waals surface area (Å²) in [5.41, 5.74) is 6.83. The number of nitrogens with two attached hydrogens (primary N) is 1. The first-order chi connectivity index (χ1) is 13.9. The average molecular weight is 418 g/mol. The van der Waals surface area contributed by atoms with Gasteiger partial charge in [0.15, 0.2) is 11.9 Å². The predicted octanol–water partition coefficient (Wildman–Crippen LogP) is 3.47. The molecule has 0 saturated carbocycles. The molecule has 0 amide bonds. The minimum Gasteiger partial charge on any atom is -0.482 e. The number of tetrazole rings is 1. The normalized spacial score (nSPS) is 12.3. The van der Waals surface area contributed by atoms with E-state index in [1.54, 1.807) is 26.1 Å². The van der Waals surface area contributed by atoms with Gasteiger partial charge in [0.25, 0.3) is 0 Å². The fourth-order valence-electron chi connectivity index (χ4n) is 2.92. The van der Waals surface area contributed by atoms with Crippen molar-refractivity contribution in [2.75, 3.05) is 5.73 Å². The summed E-state index contributed by atoms with van der Waals surface area (Å²) in [7, 11) is 1.64. The van der Waals surface area contributed by atoms with Crippen LogP contribution in [0.1, 0.15) is 18.9 Å². The Morgan fingerprint density at radius 3 is 2.62 bits per heavy atom. The molecular weight excluding hydrogens is 404 g/mol. The van der Waals surface area contributed by atoms with Crippen molar-refractivity contribution in [2.45, 2.75) is 13.0 Å². The molecule has 4 rings (SSSR count). The van der Waals surface area contributed by atoms with Crippen molar-refractivity contribution < 1.29 is 13.5 Å². The lowest BCUT2D eigenvalue weighted by atomic mass is 10.0. The molecule has 4 aromatic rings. The number of benzene rings is 2. The van der Waals surface area contributed by atoms with E-state index in [1.807, 2.05) is 0 Å². The van der Waals surface area contributed by atoms with E-state index in [1.165, 1.54) is 17.2 Å². The average Bonchev–Trinajstić information content (AvgIpc) is 3.14. The van der Waals surface area contributed by atoms with Crippen molar-refractivity contribution in [3.63, 3.8) is 0 Å². The van der Waals surface area contributed by atoms with Gasteiger partial charge >= 0.3 is 0 Å². The third-order valence-electron chi connectivity index (χ3n) is 4.30. The number of nitrogen functional groups attached to an aromatic ring is 1. The highest BCUT2D eigenvalue weighted by Crippen LogP contribution is 2.39. The van der Waals surface area contributed by atoms with Gasteiger partial charge in [0, 0.05) is 11.1 Å². The highest BCUT2D eigenvalue weighted by Gasteiger charge is 2.21. The fraction of sp³-hybridized carbons (Fsp3) is 0.167. The Morgan fingerprint density at radius 2 is 1.90 bits per heavy atom. The van der Waals surface area contributed by atoms with Crippen LogP contribution in [-0.2, 0) is 7.05 Å². The number of aromatic nitrogens is 6. The summed E-state index contributed by atoms with van der Waals surface area (Å²) in [6.45, 7) is 1.75. The van der Waals surface area contributed by atoms with Gasteiger partial charge in [-0.1, -0.05) is 11.6 Å².